The average molecular weight is 584 g/mol. The summed E-state index contributed by atoms with van der Waals surface area (Å²) < 4.78 is 29.1. The van der Waals surface area contributed by atoms with Crippen molar-refractivity contribution in [2.75, 3.05) is 10.8 Å². The van der Waals surface area contributed by atoms with Crippen LogP contribution >= 0.6 is 11.6 Å². The van der Waals surface area contributed by atoms with Crippen LogP contribution in [0.4, 0.5) is 5.69 Å². The lowest BCUT2D eigenvalue weighted by Crippen LogP contribution is -2.54. The van der Waals surface area contributed by atoms with E-state index >= 15 is 0 Å². The van der Waals surface area contributed by atoms with Crippen molar-refractivity contribution < 1.29 is 18.0 Å². The Labute approximate surface area is 243 Å². The lowest BCUT2D eigenvalue weighted by molar-refractivity contribution is -0.140. The minimum atomic E-state index is -4.12. The third-order valence-electron chi connectivity index (χ3n) is 6.44. The van der Waals surface area contributed by atoms with Crippen molar-refractivity contribution in [3.63, 3.8) is 0 Å². The number of carbonyl (C=O) groups is 2. The van der Waals surface area contributed by atoms with Crippen molar-refractivity contribution in [2.24, 2.45) is 0 Å². The van der Waals surface area contributed by atoms with Gasteiger partial charge in [0.05, 0.1) is 10.6 Å². The van der Waals surface area contributed by atoms with Gasteiger partial charge in [0.25, 0.3) is 10.0 Å². The van der Waals surface area contributed by atoms with E-state index in [-0.39, 0.29) is 17.3 Å². The first-order valence-corrected chi connectivity index (χ1v) is 14.9. The van der Waals surface area contributed by atoms with Crippen molar-refractivity contribution in [1.29, 1.82) is 0 Å². The highest BCUT2D eigenvalue weighted by Crippen LogP contribution is 2.28. The fourth-order valence-corrected chi connectivity index (χ4v) is 5.88. The van der Waals surface area contributed by atoms with Crippen molar-refractivity contribution in [2.45, 2.75) is 71.5 Å². The van der Waals surface area contributed by atoms with E-state index < -0.39 is 34.1 Å². The summed E-state index contributed by atoms with van der Waals surface area (Å²) in [5, 5.41) is 3.47. The normalized spacial score (nSPS) is 12.5. The molecule has 9 heteroatoms. The molecule has 0 aliphatic rings. The minimum Gasteiger partial charge on any atom is -0.350 e. The van der Waals surface area contributed by atoms with E-state index in [0.29, 0.717) is 16.3 Å². The van der Waals surface area contributed by atoms with Crippen LogP contribution in [0.3, 0.4) is 0 Å². The molecule has 0 bridgehead atoms. The molecule has 0 heterocycles. The van der Waals surface area contributed by atoms with Crippen LogP contribution in [0.5, 0.6) is 0 Å². The molecule has 0 unspecified atom stereocenters. The van der Waals surface area contributed by atoms with Crippen molar-refractivity contribution in [1.82, 2.24) is 10.2 Å². The Balaban J connectivity index is 2.07. The Morgan fingerprint density at radius 2 is 1.48 bits per heavy atom. The van der Waals surface area contributed by atoms with Crippen LogP contribution in [0.1, 0.15) is 49.9 Å². The first kappa shape index (κ1) is 31.2. The highest BCUT2D eigenvalue weighted by atomic mass is 35.5. The van der Waals surface area contributed by atoms with Gasteiger partial charge in [0.1, 0.15) is 12.6 Å². The molecule has 7 nitrogen and oxygen atoms in total. The predicted molar refractivity (Wildman–Crippen MR) is 161 cm³/mol. The fourth-order valence-electron chi connectivity index (χ4n) is 4.28. The molecule has 214 valence electrons. The average Bonchev–Trinajstić information content (AvgIpc) is 2.86. The van der Waals surface area contributed by atoms with E-state index in [1.807, 2.05) is 53.7 Å². The zero-order valence-electron chi connectivity index (χ0n) is 24.2. The summed E-state index contributed by atoms with van der Waals surface area (Å²) in [5.74, 6) is -0.851. The van der Waals surface area contributed by atoms with Gasteiger partial charge in [0.15, 0.2) is 0 Å². The number of benzene rings is 3. The van der Waals surface area contributed by atoms with Gasteiger partial charge in [0, 0.05) is 17.1 Å². The van der Waals surface area contributed by atoms with Gasteiger partial charge in [-0.15, -0.1) is 0 Å². The van der Waals surface area contributed by atoms with Gasteiger partial charge in [-0.05, 0) is 89.9 Å². The van der Waals surface area contributed by atoms with Gasteiger partial charge in [-0.3, -0.25) is 13.9 Å². The molecular weight excluding hydrogens is 546 g/mol. The van der Waals surface area contributed by atoms with E-state index in [1.54, 1.807) is 49.4 Å². The molecule has 40 heavy (non-hydrogen) atoms. The Morgan fingerprint density at radius 3 is 2.02 bits per heavy atom. The molecule has 3 rings (SSSR count). The maximum Gasteiger partial charge on any atom is 0.264 e. The van der Waals surface area contributed by atoms with Crippen LogP contribution in [0.25, 0.3) is 0 Å². The first-order valence-electron chi connectivity index (χ1n) is 13.1. The highest BCUT2D eigenvalue weighted by Gasteiger charge is 2.33. The summed E-state index contributed by atoms with van der Waals surface area (Å²) in [6.07, 6.45) is 0. The minimum absolute atomic E-state index is 0.0775. The number of halogens is 1. The number of carbonyl (C=O) groups excluding carboxylic acids is 2. The molecule has 0 saturated heterocycles. The number of anilines is 1. The molecule has 0 aromatic heterocycles. The van der Waals surface area contributed by atoms with Crippen LogP contribution in [0, 0.1) is 20.8 Å². The van der Waals surface area contributed by atoms with Crippen molar-refractivity contribution >= 4 is 39.1 Å². The molecule has 3 aromatic rings. The summed E-state index contributed by atoms with van der Waals surface area (Å²) >= 11 is 6.06. The summed E-state index contributed by atoms with van der Waals surface area (Å²) in [7, 11) is -4.12. The van der Waals surface area contributed by atoms with Crippen LogP contribution in [-0.2, 0) is 26.2 Å². The molecule has 0 radical (unpaired) electrons. The largest absolute Gasteiger partial charge is 0.350 e. The van der Waals surface area contributed by atoms with E-state index in [0.717, 1.165) is 21.0 Å². The smallest absolute Gasteiger partial charge is 0.264 e. The third-order valence-corrected chi connectivity index (χ3v) is 8.47. The maximum atomic E-state index is 14.0. The van der Waals surface area contributed by atoms with Crippen LogP contribution < -0.4 is 9.62 Å². The lowest BCUT2D eigenvalue weighted by atomic mass is 10.1. The van der Waals surface area contributed by atoms with Crippen molar-refractivity contribution in [3.8, 4) is 0 Å². The standard InChI is InChI=1S/C31H38ClN3O4S/c1-21-8-15-27(16-9-21)40(38,39)35(28-17-10-22(2)18-23(28)3)20-29(36)34(19-25-11-13-26(32)14-12-25)24(4)30(37)33-31(5,6)7/h8-18,24H,19-20H2,1-7H3,(H,33,37)/t24-/m1/s1. The number of rotatable bonds is 9. The Morgan fingerprint density at radius 1 is 0.900 bits per heavy atom. The summed E-state index contributed by atoms with van der Waals surface area (Å²) in [6.45, 7) is 12.4. The second-order valence-corrected chi connectivity index (χ2v) is 13.5. The number of hydrogen-bond donors (Lipinski definition) is 1. The highest BCUT2D eigenvalue weighted by molar-refractivity contribution is 7.92. The molecule has 1 atom stereocenters. The predicted octanol–water partition coefficient (Wildman–Crippen LogP) is 5.79. The van der Waals surface area contributed by atoms with Gasteiger partial charge in [-0.25, -0.2) is 8.42 Å². The maximum absolute atomic E-state index is 14.0. The number of amides is 2. The van der Waals surface area contributed by atoms with Gasteiger partial charge in [0.2, 0.25) is 11.8 Å². The monoisotopic (exact) mass is 583 g/mol. The molecule has 0 saturated carbocycles. The van der Waals surface area contributed by atoms with Crippen molar-refractivity contribution in [3.05, 3.63) is 94.0 Å². The van der Waals surface area contributed by atoms with E-state index in [4.69, 9.17) is 11.6 Å². The number of nitrogens with one attached hydrogen (secondary N) is 1. The Kier molecular flexibility index (Phi) is 9.69. The summed E-state index contributed by atoms with van der Waals surface area (Å²) in [6, 6.07) is 18.0. The van der Waals surface area contributed by atoms with Crippen LogP contribution in [0.2, 0.25) is 5.02 Å². The number of hydrogen-bond acceptors (Lipinski definition) is 4. The van der Waals surface area contributed by atoms with Gasteiger partial charge in [-0.2, -0.15) is 0 Å². The quantitative estimate of drug-likeness (QED) is 0.345. The van der Waals surface area contributed by atoms with Gasteiger partial charge >= 0.3 is 0 Å². The number of sulfonamides is 1. The molecule has 1 N–H and O–H groups in total. The lowest BCUT2D eigenvalue weighted by Gasteiger charge is -2.34. The first-order chi connectivity index (χ1) is 18.6. The fraction of sp³-hybridized carbons (Fsp3) is 0.355. The summed E-state index contributed by atoms with van der Waals surface area (Å²) in [5.41, 5.74) is 3.25. The Hall–Kier alpha value is -3.36. The number of nitrogens with zero attached hydrogens (tertiary/aromatic N) is 2. The molecule has 3 aromatic carbocycles. The second-order valence-electron chi connectivity index (χ2n) is 11.2. The van der Waals surface area contributed by atoms with Gasteiger partial charge in [-0.1, -0.05) is 59.1 Å². The molecule has 0 fully saturated rings. The number of aryl methyl sites for hydroxylation is 3. The zero-order valence-corrected chi connectivity index (χ0v) is 25.7. The molecule has 2 amide bonds. The summed E-state index contributed by atoms with van der Waals surface area (Å²) in [4.78, 5) is 28.7. The Bertz CT molecular complexity index is 1460. The van der Waals surface area contributed by atoms with E-state index in [1.165, 1.54) is 17.0 Å². The van der Waals surface area contributed by atoms with Crippen LogP contribution in [0.15, 0.2) is 71.6 Å². The van der Waals surface area contributed by atoms with E-state index in [9.17, 15) is 18.0 Å². The molecule has 0 aliphatic carbocycles. The second kappa shape index (κ2) is 12.4. The topological polar surface area (TPSA) is 86.8 Å². The van der Waals surface area contributed by atoms with Crippen LogP contribution in [-0.4, -0.2) is 43.3 Å². The zero-order chi connectivity index (χ0) is 29.8. The van der Waals surface area contributed by atoms with Gasteiger partial charge < -0.3 is 10.2 Å². The molecule has 0 spiro atoms. The SMILES string of the molecule is Cc1ccc(S(=O)(=O)N(CC(=O)N(Cc2ccc(Cl)cc2)[C@H](C)C(=O)NC(C)(C)C)c2ccc(C)cc2C)cc1. The molecule has 0 aliphatic heterocycles. The molecular formula is C31H38ClN3O4S. The van der Waals surface area contributed by atoms with E-state index in [2.05, 4.69) is 5.32 Å². The third kappa shape index (κ3) is 7.86.